The highest BCUT2D eigenvalue weighted by Gasteiger charge is 2.11. The summed E-state index contributed by atoms with van der Waals surface area (Å²) in [6.45, 7) is 7.08. The Morgan fingerprint density at radius 1 is 1.47 bits per heavy atom. The van der Waals surface area contributed by atoms with Crippen molar-refractivity contribution in [2.45, 2.75) is 27.0 Å². The number of nitrogens with zero attached hydrogens (tertiary/aromatic N) is 1. The minimum Gasteiger partial charge on any atom is -0.399 e. The first-order chi connectivity index (χ1) is 7.10. The highest BCUT2D eigenvalue weighted by molar-refractivity contribution is 5.58. The maximum absolute atomic E-state index is 5.79. The number of hydrogen-bond donors (Lipinski definition) is 1. The molecule has 0 aliphatic heterocycles. The van der Waals surface area contributed by atoms with E-state index in [4.69, 9.17) is 10.5 Å². The third-order valence-electron chi connectivity index (χ3n) is 2.71. The number of methoxy groups -OCH3 is 1. The molecule has 1 atom stereocenters. The molecule has 0 heterocycles. The van der Waals surface area contributed by atoms with E-state index in [0.29, 0.717) is 0 Å². The molecule has 0 radical (unpaired) electrons. The van der Waals surface area contributed by atoms with Gasteiger partial charge in [0.05, 0.1) is 0 Å². The van der Waals surface area contributed by atoms with Crippen molar-refractivity contribution in [1.29, 1.82) is 0 Å². The highest BCUT2D eigenvalue weighted by atomic mass is 16.5. The maximum atomic E-state index is 5.79. The minimum absolute atomic E-state index is 0.0815. The standard InChI is InChI=1S/C12H20N2O/c1-5-14(10(3)15-4)11-6-7-12(13)9(2)8-11/h6-8,10H,5,13H2,1-4H3. The molecule has 0 aliphatic rings. The van der Waals surface area contributed by atoms with E-state index in [2.05, 4.69) is 17.9 Å². The maximum Gasteiger partial charge on any atom is 0.126 e. The van der Waals surface area contributed by atoms with Gasteiger partial charge in [-0.05, 0) is 44.5 Å². The van der Waals surface area contributed by atoms with Gasteiger partial charge in [-0.15, -0.1) is 0 Å². The van der Waals surface area contributed by atoms with E-state index in [0.717, 1.165) is 23.5 Å². The summed E-state index contributed by atoms with van der Waals surface area (Å²) in [6.07, 6.45) is 0.0815. The van der Waals surface area contributed by atoms with Crippen molar-refractivity contribution in [2.24, 2.45) is 0 Å². The summed E-state index contributed by atoms with van der Waals surface area (Å²) in [6, 6.07) is 6.06. The van der Waals surface area contributed by atoms with Crippen molar-refractivity contribution in [3.8, 4) is 0 Å². The van der Waals surface area contributed by atoms with Crippen molar-refractivity contribution in [3.05, 3.63) is 23.8 Å². The zero-order valence-electron chi connectivity index (χ0n) is 9.95. The van der Waals surface area contributed by atoms with E-state index >= 15 is 0 Å². The molecule has 1 aromatic carbocycles. The van der Waals surface area contributed by atoms with Gasteiger partial charge < -0.3 is 15.4 Å². The van der Waals surface area contributed by atoms with Crippen molar-refractivity contribution >= 4 is 11.4 Å². The fourth-order valence-corrected chi connectivity index (χ4v) is 1.62. The van der Waals surface area contributed by atoms with E-state index < -0.39 is 0 Å². The number of aryl methyl sites for hydroxylation is 1. The number of benzene rings is 1. The SMILES string of the molecule is CCN(c1ccc(N)c(C)c1)C(C)OC. The fourth-order valence-electron chi connectivity index (χ4n) is 1.62. The Hall–Kier alpha value is -1.22. The Kier molecular flexibility index (Phi) is 3.97. The molecule has 1 unspecified atom stereocenters. The molecule has 3 nitrogen and oxygen atoms in total. The first-order valence-corrected chi connectivity index (χ1v) is 5.25. The molecule has 1 aromatic rings. The second-order valence-electron chi connectivity index (χ2n) is 3.66. The van der Waals surface area contributed by atoms with Crippen LogP contribution in [0.5, 0.6) is 0 Å². The van der Waals surface area contributed by atoms with Crippen LogP contribution in [0.4, 0.5) is 11.4 Å². The summed E-state index contributed by atoms with van der Waals surface area (Å²) in [5.41, 5.74) is 8.88. The van der Waals surface area contributed by atoms with Crippen LogP contribution in [0, 0.1) is 6.92 Å². The summed E-state index contributed by atoms with van der Waals surface area (Å²) in [7, 11) is 1.72. The molecular weight excluding hydrogens is 188 g/mol. The molecule has 0 fully saturated rings. The Morgan fingerprint density at radius 2 is 2.13 bits per heavy atom. The van der Waals surface area contributed by atoms with Gasteiger partial charge in [0, 0.05) is 25.0 Å². The van der Waals surface area contributed by atoms with Crippen molar-refractivity contribution in [3.63, 3.8) is 0 Å². The van der Waals surface area contributed by atoms with Gasteiger partial charge in [-0.2, -0.15) is 0 Å². The van der Waals surface area contributed by atoms with Crippen LogP contribution in [-0.4, -0.2) is 19.9 Å². The first-order valence-electron chi connectivity index (χ1n) is 5.25. The molecule has 84 valence electrons. The van der Waals surface area contributed by atoms with Gasteiger partial charge in [-0.3, -0.25) is 0 Å². The first kappa shape index (κ1) is 11.9. The topological polar surface area (TPSA) is 38.5 Å². The molecule has 0 amide bonds. The second-order valence-corrected chi connectivity index (χ2v) is 3.66. The van der Waals surface area contributed by atoms with E-state index in [1.165, 1.54) is 0 Å². The molecule has 2 N–H and O–H groups in total. The molecular formula is C12H20N2O. The third kappa shape index (κ3) is 2.63. The highest BCUT2D eigenvalue weighted by Crippen LogP contribution is 2.22. The molecule has 0 aromatic heterocycles. The summed E-state index contributed by atoms with van der Waals surface area (Å²) < 4.78 is 5.32. The van der Waals surface area contributed by atoms with Gasteiger partial charge in [0.2, 0.25) is 0 Å². The summed E-state index contributed by atoms with van der Waals surface area (Å²) in [4.78, 5) is 2.19. The van der Waals surface area contributed by atoms with E-state index in [1.54, 1.807) is 7.11 Å². The lowest BCUT2D eigenvalue weighted by atomic mass is 10.1. The van der Waals surface area contributed by atoms with Gasteiger partial charge in [-0.25, -0.2) is 0 Å². The summed E-state index contributed by atoms with van der Waals surface area (Å²) >= 11 is 0. The fraction of sp³-hybridized carbons (Fsp3) is 0.500. The van der Waals surface area contributed by atoms with E-state index in [9.17, 15) is 0 Å². The normalized spacial score (nSPS) is 12.5. The number of nitrogen functional groups attached to an aromatic ring is 1. The summed E-state index contributed by atoms with van der Waals surface area (Å²) in [5.74, 6) is 0. The Labute approximate surface area is 91.8 Å². The van der Waals surface area contributed by atoms with Gasteiger partial charge in [0.15, 0.2) is 0 Å². The number of rotatable bonds is 4. The lowest BCUT2D eigenvalue weighted by molar-refractivity contribution is 0.115. The number of anilines is 2. The van der Waals surface area contributed by atoms with Crippen LogP contribution in [0.25, 0.3) is 0 Å². The van der Waals surface area contributed by atoms with Crippen molar-refractivity contribution in [2.75, 3.05) is 24.3 Å². The van der Waals surface area contributed by atoms with Gasteiger partial charge in [0.25, 0.3) is 0 Å². The van der Waals surface area contributed by atoms with Gasteiger partial charge in [0.1, 0.15) is 6.23 Å². The number of ether oxygens (including phenoxy) is 1. The average molecular weight is 208 g/mol. The second kappa shape index (κ2) is 5.03. The summed E-state index contributed by atoms with van der Waals surface area (Å²) in [5, 5.41) is 0. The lowest BCUT2D eigenvalue weighted by Crippen LogP contribution is -2.34. The molecule has 0 saturated carbocycles. The predicted octanol–water partition coefficient (Wildman–Crippen LogP) is 2.40. The number of hydrogen-bond acceptors (Lipinski definition) is 3. The van der Waals surface area contributed by atoms with Crippen LogP contribution in [0.2, 0.25) is 0 Å². The van der Waals surface area contributed by atoms with E-state index in [-0.39, 0.29) is 6.23 Å². The van der Waals surface area contributed by atoms with Crippen LogP contribution < -0.4 is 10.6 Å². The Bertz CT molecular complexity index is 325. The number of nitrogens with two attached hydrogens (primary N) is 1. The zero-order chi connectivity index (χ0) is 11.4. The molecule has 0 aliphatic carbocycles. The third-order valence-corrected chi connectivity index (χ3v) is 2.71. The lowest BCUT2D eigenvalue weighted by Gasteiger charge is -2.29. The van der Waals surface area contributed by atoms with Crippen LogP contribution in [0.3, 0.4) is 0 Å². The molecule has 1 rings (SSSR count). The quantitative estimate of drug-likeness (QED) is 0.610. The van der Waals surface area contributed by atoms with E-state index in [1.807, 2.05) is 26.0 Å². The largest absolute Gasteiger partial charge is 0.399 e. The van der Waals surface area contributed by atoms with Crippen LogP contribution in [0.1, 0.15) is 19.4 Å². The molecule has 0 saturated heterocycles. The molecule has 3 heteroatoms. The zero-order valence-corrected chi connectivity index (χ0v) is 9.95. The smallest absolute Gasteiger partial charge is 0.126 e. The van der Waals surface area contributed by atoms with Crippen LogP contribution in [0.15, 0.2) is 18.2 Å². The van der Waals surface area contributed by atoms with Gasteiger partial charge >= 0.3 is 0 Å². The minimum atomic E-state index is 0.0815. The van der Waals surface area contributed by atoms with Gasteiger partial charge in [-0.1, -0.05) is 0 Å². The van der Waals surface area contributed by atoms with Crippen molar-refractivity contribution < 1.29 is 4.74 Å². The molecule has 15 heavy (non-hydrogen) atoms. The molecule has 0 bridgehead atoms. The monoisotopic (exact) mass is 208 g/mol. The Balaban J connectivity index is 2.97. The van der Waals surface area contributed by atoms with Crippen LogP contribution in [-0.2, 0) is 4.74 Å². The van der Waals surface area contributed by atoms with Crippen LogP contribution >= 0.6 is 0 Å². The molecule has 0 spiro atoms. The predicted molar refractivity (Wildman–Crippen MR) is 65.1 cm³/mol. The van der Waals surface area contributed by atoms with Crippen molar-refractivity contribution in [1.82, 2.24) is 0 Å². The Morgan fingerprint density at radius 3 is 2.60 bits per heavy atom. The average Bonchev–Trinajstić information content (AvgIpc) is 2.24.